The lowest BCUT2D eigenvalue weighted by atomic mass is 10.1. The second kappa shape index (κ2) is 6.19. The SMILES string of the molecule is COc1ccc(C(O)Cc2ccc(Cl)cc2Cl)nn1. The van der Waals surface area contributed by atoms with Crippen molar-refractivity contribution in [2.45, 2.75) is 12.5 Å². The molecule has 100 valence electrons. The van der Waals surface area contributed by atoms with E-state index >= 15 is 0 Å². The van der Waals surface area contributed by atoms with Crippen LogP contribution < -0.4 is 4.74 Å². The monoisotopic (exact) mass is 298 g/mol. The van der Waals surface area contributed by atoms with Crippen LogP contribution in [0.5, 0.6) is 5.88 Å². The smallest absolute Gasteiger partial charge is 0.233 e. The van der Waals surface area contributed by atoms with E-state index in [1.165, 1.54) is 7.11 Å². The highest BCUT2D eigenvalue weighted by molar-refractivity contribution is 6.35. The summed E-state index contributed by atoms with van der Waals surface area (Å²) in [6.45, 7) is 0. The van der Waals surface area contributed by atoms with E-state index in [0.717, 1.165) is 5.56 Å². The van der Waals surface area contributed by atoms with Gasteiger partial charge in [0, 0.05) is 22.5 Å². The van der Waals surface area contributed by atoms with Crippen molar-refractivity contribution in [3.05, 3.63) is 51.6 Å². The Morgan fingerprint density at radius 3 is 2.58 bits per heavy atom. The molecular weight excluding hydrogens is 287 g/mol. The van der Waals surface area contributed by atoms with Crippen LogP contribution in [0.25, 0.3) is 0 Å². The summed E-state index contributed by atoms with van der Waals surface area (Å²) in [5.74, 6) is 0.403. The molecule has 6 heteroatoms. The normalized spacial score (nSPS) is 12.2. The van der Waals surface area contributed by atoms with Gasteiger partial charge in [-0.3, -0.25) is 0 Å². The van der Waals surface area contributed by atoms with E-state index < -0.39 is 6.10 Å². The zero-order valence-electron chi connectivity index (χ0n) is 10.2. The third-order valence-corrected chi connectivity index (χ3v) is 3.23. The first kappa shape index (κ1) is 14.1. The quantitative estimate of drug-likeness (QED) is 0.942. The van der Waals surface area contributed by atoms with Gasteiger partial charge in [-0.1, -0.05) is 29.3 Å². The molecule has 1 unspecified atom stereocenters. The Labute approximate surface area is 121 Å². The predicted molar refractivity (Wildman–Crippen MR) is 73.7 cm³/mol. The van der Waals surface area contributed by atoms with E-state index in [9.17, 15) is 5.11 Å². The van der Waals surface area contributed by atoms with Gasteiger partial charge < -0.3 is 9.84 Å². The van der Waals surface area contributed by atoms with Crippen molar-refractivity contribution in [1.82, 2.24) is 10.2 Å². The molecule has 1 atom stereocenters. The van der Waals surface area contributed by atoms with Crippen molar-refractivity contribution in [1.29, 1.82) is 0 Å². The molecule has 0 fully saturated rings. The number of nitrogens with zero attached hydrogens (tertiary/aromatic N) is 2. The van der Waals surface area contributed by atoms with Gasteiger partial charge in [0.15, 0.2) is 0 Å². The second-order valence-corrected chi connectivity index (χ2v) is 4.80. The van der Waals surface area contributed by atoms with Crippen LogP contribution >= 0.6 is 23.2 Å². The summed E-state index contributed by atoms with van der Waals surface area (Å²) in [4.78, 5) is 0. The van der Waals surface area contributed by atoms with Gasteiger partial charge in [0.1, 0.15) is 6.10 Å². The van der Waals surface area contributed by atoms with Gasteiger partial charge in [-0.2, -0.15) is 0 Å². The number of aliphatic hydroxyl groups excluding tert-OH is 1. The Hall–Kier alpha value is -1.36. The van der Waals surface area contributed by atoms with Gasteiger partial charge in [0.05, 0.1) is 12.8 Å². The van der Waals surface area contributed by atoms with Gasteiger partial charge in [-0.05, 0) is 23.8 Å². The fourth-order valence-electron chi connectivity index (χ4n) is 1.62. The lowest BCUT2D eigenvalue weighted by Gasteiger charge is -2.11. The molecule has 1 aromatic carbocycles. The van der Waals surface area contributed by atoms with Crippen LogP contribution in [0, 0.1) is 0 Å². The molecule has 0 saturated heterocycles. The number of halogens is 2. The number of methoxy groups -OCH3 is 1. The zero-order valence-corrected chi connectivity index (χ0v) is 11.7. The van der Waals surface area contributed by atoms with Gasteiger partial charge in [0.25, 0.3) is 0 Å². The van der Waals surface area contributed by atoms with Gasteiger partial charge in [-0.25, -0.2) is 0 Å². The molecule has 0 saturated carbocycles. The Balaban J connectivity index is 2.13. The van der Waals surface area contributed by atoms with Crippen molar-refractivity contribution >= 4 is 23.2 Å². The lowest BCUT2D eigenvalue weighted by molar-refractivity contribution is 0.172. The van der Waals surface area contributed by atoms with Crippen LogP contribution in [0.3, 0.4) is 0 Å². The highest BCUT2D eigenvalue weighted by atomic mass is 35.5. The Bertz CT molecular complexity index is 561. The first-order chi connectivity index (χ1) is 9.10. The fourth-order valence-corrected chi connectivity index (χ4v) is 2.10. The average molecular weight is 299 g/mol. The van der Waals surface area contributed by atoms with Crippen molar-refractivity contribution in [3.63, 3.8) is 0 Å². The Kier molecular flexibility index (Phi) is 4.58. The summed E-state index contributed by atoms with van der Waals surface area (Å²) in [7, 11) is 1.51. The number of hydrogen-bond donors (Lipinski definition) is 1. The van der Waals surface area contributed by atoms with Crippen molar-refractivity contribution in [2.24, 2.45) is 0 Å². The highest BCUT2D eigenvalue weighted by Gasteiger charge is 2.13. The molecule has 0 aliphatic heterocycles. The number of benzene rings is 1. The minimum absolute atomic E-state index is 0.344. The standard InChI is InChI=1S/C13H12Cl2N2O2/c1-19-13-5-4-11(16-17-13)12(18)6-8-2-3-9(14)7-10(8)15/h2-5,7,12,18H,6H2,1H3. The first-order valence-electron chi connectivity index (χ1n) is 5.59. The van der Waals surface area contributed by atoms with Crippen molar-refractivity contribution in [3.8, 4) is 5.88 Å². The molecule has 0 amide bonds. The van der Waals surface area contributed by atoms with Gasteiger partial charge >= 0.3 is 0 Å². The average Bonchev–Trinajstić information content (AvgIpc) is 2.42. The van der Waals surface area contributed by atoms with Crippen LogP contribution in [-0.2, 0) is 6.42 Å². The summed E-state index contributed by atoms with van der Waals surface area (Å²) in [6.07, 6.45) is -0.436. The number of aliphatic hydroxyl groups is 1. The summed E-state index contributed by atoms with van der Waals surface area (Å²) in [6, 6.07) is 8.47. The Morgan fingerprint density at radius 2 is 2.00 bits per heavy atom. The molecule has 2 rings (SSSR count). The van der Waals surface area contributed by atoms with Gasteiger partial charge in [-0.15, -0.1) is 10.2 Å². The third-order valence-electron chi connectivity index (χ3n) is 2.64. The lowest BCUT2D eigenvalue weighted by Crippen LogP contribution is -2.06. The van der Waals surface area contributed by atoms with Crippen molar-refractivity contribution in [2.75, 3.05) is 7.11 Å². The maximum atomic E-state index is 10.1. The number of aromatic nitrogens is 2. The number of rotatable bonds is 4. The van der Waals surface area contributed by atoms with E-state index in [1.807, 2.05) is 0 Å². The summed E-state index contributed by atoms with van der Waals surface area (Å²) >= 11 is 11.9. The summed E-state index contributed by atoms with van der Waals surface area (Å²) < 4.78 is 4.91. The molecule has 1 aromatic heterocycles. The largest absolute Gasteiger partial charge is 0.480 e. The molecule has 1 N–H and O–H groups in total. The molecule has 0 bridgehead atoms. The topological polar surface area (TPSA) is 55.2 Å². The van der Waals surface area contributed by atoms with Crippen LogP contribution in [0.15, 0.2) is 30.3 Å². The van der Waals surface area contributed by atoms with E-state index in [4.69, 9.17) is 27.9 Å². The minimum atomic E-state index is -0.780. The zero-order chi connectivity index (χ0) is 13.8. The third kappa shape index (κ3) is 3.56. The van der Waals surface area contributed by atoms with E-state index in [-0.39, 0.29) is 0 Å². The van der Waals surface area contributed by atoms with E-state index in [0.29, 0.717) is 28.0 Å². The van der Waals surface area contributed by atoms with Crippen LogP contribution in [0.1, 0.15) is 17.4 Å². The van der Waals surface area contributed by atoms with Gasteiger partial charge in [0.2, 0.25) is 5.88 Å². The summed E-state index contributed by atoms with van der Waals surface area (Å²) in [5.41, 5.74) is 1.27. The second-order valence-electron chi connectivity index (χ2n) is 3.96. The van der Waals surface area contributed by atoms with E-state index in [2.05, 4.69) is 10.2 Å². The maximum Gasteiger partial charge on any atom is 0.233 e. The molecule has 0 aliphatic carbocycles. The maximum absolute atomic E-state index is 10.1. The molecule has 1 heterocycles. The first-order valence-corrected chi connectivity index (χ1v) is 6.35. The molecular formula is C13H12Cl2N2O2. The molecule has 4 nitrogen and oxygen atoms in total. The van der Waals surface area contributed by atoms with Crippen molar-refractivity contribution < 1.29 is 9.84 Å². The molecule has 2 aromatic rings. The molecule has 19 heavy (non-hydrogen) atoms. The predicted octanol–water partition coefficient (Wildman–Crippen LogP) is 3.07. The van der Waals surface area contributed by atoms with Crippen LogP contribution in [-0.4, -0.2) is 22.4 Å². The minimum Gasteiger partial charge on any atom is -0.480 e. The highest BCUT2D eigenvalue weighted by Crippen LogP contribution is 2.25. The molecule has 0 radical (unpaired) electrons. The fraction of sp³-hybridized carbons (Fsp3) is 0.231. The van der Waals surface area contributed by atoms with Crippen LogP contribution in [0.4, 0.5) is 0 Å². The Morgan fingerprint density at radius 1 is 1.21 bits per heavy atom. The summed E-state index contributed by atoms with van der Waals surface area (Å²) in [5, 5.41) is 18.9. The number of hydrogen-bond acceptors (Lipinski definition) is 4. The molecule has 0 aliphatic rings. The molecule has 0 spiro atoms. The number of ether oxygens (including phenoxy) is 1. The van der Waals surface area contributed by atoms with E-state index in [1.54, 1.807) is 30.3 Å². The van der Waals surface area contributed by atoms with Crippen LogP contribution in [0.2, 0.25) is 10.0 Å².